The summed E-state index contributed by atoms with van der Waals surface area (Å²) < 4.78 is 0. The lowest BCUT2D eigenvalue weighted by atomic mass is 10.1. The molecular formula is C13H14N4O2S. The first-order valence-electron chi connectivity index (χ1n) is 5.84. The summed E-state index contributed by atoms with van der Waals surface area (Å²) >= 11 is 1.37. The maximum atomic E-state index is 11.3. The molecule has 0 radical (unpaired) electrons. The third-order valence-corrected chi connectivity index (χ3v) is 3.56. The summed E-state index contributed by atoms with van der Waals surface area (Å²) in [5.41, 5.74) is 13.2. The number of anilines is 1. The molecule has 0 saturated heterocycles. The highest BCUT2D eigenvalue weighted by Gasteiger charge is 2.06. The van der Waals surface area contributed by atoms with E-state index >= 15 is 0 Å². The average molecular weight is 290 g/mol. The molecule has 7 heteroatoms. The molecule has 0 spiro atoms. The number of nitrogens with zero attached hydrogens (tertiary/aromatic N) is 1. The average Bonchev–Trinajstić information content (AvgIpc) is 2.36. The van der Waals surface area contributed by atoms with Gasteiger partial charge in [-0.25, -0.2) is 4.98 Å². The van der Waals surface area contributed by atoms with Crippen molar-refractivity contribution in [1.82, 2.24) is 9.97 Å². The molecular weight excluding hydrogens is 276 g/mol. The molecule has 0 bridgehead atoms. The normalized spacial score (nSPS) is 10.4. The fraction of sp³-hybridized carbons (Fsp3) is 0.154. The van der Waals surface area contributed by atoms with Gasteiger partial charge in [-0.05, 0) is 24.6 Å². The molecule has 0 saturated carbocycles. The lowest BCUT2D eigenvalue weighted by molar-refractivity contribution is 0.100. The summed E-state index contributed by atoms with van der Waals surface area (Å²) in [7, 11) is 0. The van der Waals surface area contributed by atoms with Gasteiger partial charge in [0, 0.05) is 28.8 Å². The maximum Gasteiger partial charge on any atom is 0.251 e. The van der Waals surface area contributed by atoms with Crippen LogP contribution in [0.2, 0.25) is 0 Å². The van der Waals surface area contributed by atoms with Crippen LogP contribution >= 0.6 is 11.8 Å². The molecule has 104 valence electrons. The van der Waals surface area contributed by atoms with E-state index in [1.54, 1.807) is 25.1 Å². The van der Waals surface area contributed by atoms with Crippen LogP contribution in [-0.2, 0) is 5.75 Å². The molecule has 6 nitrogen and oxygen atoms in total. The minimum Gasteiger partial charge on any atom is -0.398 e. The number of hydrogen-bond donors (Lipinski definition) is 3. The smallest absolute Gasteiger partial charge is 0.251 e. The number of benzene rings is 1. The Kier molecular flexibility index (Phi) is 4.09. The zero-order chi connectivity index (χ0) is 14.7. The Morgan fingerprint density at radius 3 is 2.75 bits per heavy atom. The zero-order valence-corrected chi connectivity index (χ0v) is 11.7. The summed E-state index contributed by atoms with van der Waals surface area (Å²) in [6.07, 6.45) is 0. The number of nitrogen functional groups attached to an aromatic ring is 1. The lowest BCUT2D eigenvalue weighted by Gasteiger charge is -2.06. The van der Waals surface area contributed by atoms with Gasteiger partial charge in [0.1, 0.15) is 0 Å². The fourth-order valence-corrected chi connectivity index (χ4v) is 2.58. The number of nitrogens with one attached hydrogen (secondary N) is 1. The Morgan fingerprint density at radius 2 is 2.15 bits per heavy atom. The van der Waals surface area contributed by atoms with Crippen LogP contribution in [0.15, 0.2) is 34.2 Å². The second-order valence-electron chi connectivity index (χ2n) is 4.26. The maximum absolute atomic E-state index is 11.3. The van der Waals surface area contributed by atoms with Crippen LogP contribution in [-0.4, -0.2) is 15.9 Å². The highest BCUT2D eigenvalue weighted by atomic mass is 32.2. The van der Waals surface area contributed by atoms with Gasteiger partial charge in [-0.15, -0.1) is 0 Å². The number of H-pyrrole nitrogens is 1. The van der Waals surface area contributed by atoms with E-state index in [1.807, 2.05) is 0 Å². The number of hydrogen-bond acceptors (Lipinski definition) is 5. The Labute approximate surface area is 119 Å². The second-order valence-corrected chi connectivity index (χ2v) is 5.22. The number of carbonyl (C=O) groups excluding carboxylic acids is 1. The topological polar surface area (TPSA) is 115 Å². The fourth-order valence-electron chi connectivity index (χ4n) is 1.65. The molecule has 1 aromatic heterocycles. The molecule has 0 fully saturated rings. The molecule has 0 aliphatic rings. The molecule has 1 aromatic carbocycles. The number of nitrogens with two attached hydrogens (primary N) is 2. The molecule has 0 unspecified atom stereocenters. The number of aryl methyl sites for hydroxylation is 1. The van der Waals surface area contributed by atoms with Crippen molar-refractivity contribution < 1.29 is 4.79 Å². The van der Waals surface area contributed by atoms with Crippen LogP contribution in [0.1, 0.15) is 21.6 Å². The first-order chi connectivity index (χ1) is 9.45. The first kappa shape index (κ1) is 14.1. The van der Waals surface area contributed by atoms with E-state index in [0.717, 1.165) is 5.56 Å². The predicted molar refractivity (Wildman–Crippen MR) is 78.5 cm³/mol. The molecule has 0 atom stereocenters. The summed E-state index contributed by atoms with van der Waals surface area (Å²) in [6, 6.07) is 6.35. The number of aromatic amines is 1. The van der Waals surface area contributed by atoms with Gasteiger partial charge in [0.2, 0.25) is 5.91 Å². The van der Waals surface area contributed by atoms with Crippen LogP contribution in [0.3, 0.4) is 0 Å². The number of aromatic nitrogens is 2. The van der Waals surface area contributed by atoms with Crippen LogP contribution in [0.4, 0.5) is 5.69 Å². The molecule has 2 aromatic rings. The van der Waals surface area contributed by atoms with Crippen molar-refractivity contribution in [2.45, 2.75) is 17.8 Å². The van der Waals surface area contributed by atoms with E-state index in [4.69, 9.17) is 11.5 Å². The lowest BCUT2D eigenvalue weighted by Crippen LogP contribution is -2.11. The summed E-state index contributed by atoms with van der Waals surface area (Å²) in [5, 5.41) is 0.536. The van der Waals surface area contributed by atoms with Gasteiger partial charge in [0.15, 0.2) is 5.16 Å². The van der Waals surface area contributed by atoms with E-state index in [-0.39, 0.29) is 5.56 Å². The van der Waals surface area contributed by atoms with E-state index in [2.05, 4.69) is 9.97 Å². The zero-order valence-electron chi connectivity index (χ0n) is 10.8. The quantitative estimate of drug-likeness (QED) is 0.442. The number of thioether (sulfide) groups is 1. The molecule has 1 heterocycles. The van der Waals surface area contributed by atoms with Crippen LogP contribution < -0.4 is 17.0 Å². The minimum atomic E-state index is -0.513. The van der Waals surface area contributed by atoms with Crippen molar-refractivity contribution in [2.24, 2.45) is 5.73 Å². The number of carbonyl (C=O) groups is 1. The van der Waals surface area contributed by atoms with Gasteiger partial charge in [-0.2, -0.15) is 0 Å². The Morgan fingerprint density at radius 1 is 1.40 bits per heavy atom. The minimum absolute atomic E-state index is 0.183. The number of rotatable bonds is 4. The Hall–Kier alpha value is -2.28. The second kappa shape index (κ2) is 5.79. The molecule has 0 aliphatic heterocycles. The van der Waals surface area contributed by atoms with Crippen LogP contribution in [0, 0.1) is 6.92 Å². The summed E-state index contributed by atoms with van der Waals surface area (Å²) in [6.45, 7) is 1.76. The van der Waals surface area contributed by atoms with Gasteiger partial charge in [0.05, 0.1) is 0 Å². The monoisotopic (exact) mass is 290 g/mol. The SMILES string of the molecule is Cc1cc(=O)[nH]c(SCc2ccc(C(N)=O)cc2N)n1. The van der Waals surface area contributed by atoms with Gasteiger partial charge < -0.3 is 16.5 Å². The highest BCUT2D eigenvalue weighted by Crippen LogP contribution is 2.23. The van der Waals surface area contributed by atoms with Crippen molar-refractivity contribution >= 4 is 23.4 Å². The van der Waals surface area contributed by atoms with Crippen molar-refractivity contribution in [3.8, 4) is 0 Å². The summed E-state index contributed by atoms with van der Waals surface area (Å²) in [4.78, 5) is 29.2. The van der Waals surface area contributed by atoms with Crippen LogP contribution in [0.5, 0.6) is 0 Å². The molecule has 0 aliphatic carbocycles. The van der Waals surface area contributed by atoms with Crippen molar-refractivity contribution in [1.29, 1.82) is 0 Å². The third kappa shape index (κ3) is 3.39. The van der Waals surface area contributed by atoms with Gasteiger partial charge in [-0.1, -0.05) is 17.8 Å². The predicted octanol–water partition coefficient (Wildman–Crippen LogP) is 1.05. The third-order valence-electron chi connectivity index (χ3n) is 2.64. The Bertz CT molecular complexity index is 712. The van der Waals surface area contributed by atoms with E-state index in [1.165, 1.54) is 17.8 Å². The highest BCUT2D eigenvalue weighted by molar-refractivity contribution is 7.98. The largest absolute Gasteiger partial charge is 0.398 e. The standard InChI is InChI=1S/C13H14N4O2S/c1-7-4-11(18)17-13(16-7)20-6-9-3-2-8(12(15)19)5-10(9)14/h2-5H,6,14H2,1H3,(H2,15,19)(H,16,17,18). The number of amides is 1. The molecule has 2 rings (SSSR count). The Balaban J connectivity index is 2.14. The molecule has 20 heavy (non-hydrogen) atoms. The van der Waals surface area contributed by atoms with Gasteiger partial charge in [0.25, 0.3) is 5.56 Å². The van der Waals surface area contributed by atoms with Gasteiger partial charge in [-0.3, -0.25) is 9.59 Å². The van der Waals surface area contributed by atoms with E-state index in [9.17, 15) is 9.59 Å². The van der Waals surface area contributed by atoms with Crippen molar-refractivity contribution in [3.63, 3.8) is 0 Å². The number of primary amides is 1. The van der Waals surface area contributed by atoms with Gasteiger partial charge >= 0.3 is 0 Å². The van der Waals surface area contributed by atoms with E-state index < -0.39 is 5.91 Å². The van der Waals surface area contributed by atoms with Crippen molar-refractivity contribution in [2.75, 3.05) is 5.73 Å². The molecule has 1 amide bonds. The van der Waals surface area contributed by atoms with E-state index in [0.29, 0.717) is 27.9 Å². The molecule has 5 N–H and O–H groups in total. The first-order valence-corrected chi connectivity index (χ1v) is 6.83. The van der Waals surface area contributed by atoms with Crippen molar-refractivity contribution in [3.05, 3.63) is 51.4 Å². The summed E-state index contributed by atoms with van der Waals surface area (Å²) in [5.74, 6) is 0.0256. The van der Waals surface area contributed by atoms with Crippen LogP contribution in [0.25, 0.3) is 0 Å².